The number of anilines is 2. The first-order chi connectivity index (χ1) is 11.0. The van der Waals surface area contributed by atoms with Gasteiger partial charge >= 0.3 is 6.09 Å². The number of carbonyl (C=O) groups is 3. The molecule has 2 atom stereocenters. The van der Waals surface area contributed by atoms with E-state index in [1.807, 2.05) is 25.1 Å². The number of ether oxygens (including phenoxy) is 1. The fraction of sp³-hybridized carbons (Fsp3) is 0.438. The highest BCUT2D eigenvalue weighted by Gasteiger charge is 2.34. The van der Waals surface area contributed by atoms with Crippen LogP contribution in [-0.4, -0.2) is 43.6 Å². The first-order valence-electron chi connectivity index (χ1n) is 7.58. The lowest BCUT2D eigenvalue weighted by atomic mass is 10.1. The number of hydrogen-bond acceptors (Lipinski definition) is 4. The molecule has 1 aromatic rings. The molecule has 2 heterocycles. The zero-order chi connectivity index (χ0) is 16.6. The summed E-state index contributed by atoms with van der Waals surface area (Å²) in [7, 11) is 0. The number of hydrogen-bond donors (Lipinski definition) is 1. The number of rotatable bonds is 4. The van der Waals surface area contributed by atoms with Crippen LogP contribution in [0, 0.1) is 0 Å². The summed E-state index contributed by atoms with van der Waals surface area (Å²) in [6.07, 6.45) is 0.827. The minimum absolute atomic E-state index is 0.121. The number of carbonyl (C=O) groups excluding carboxylic acids is 3. The molecule has 3 rings (SSSR count). The predicted molar refractivity (Wildman–Crippen MR) is 84.4 cm³/mol. The molecule has 23 heavy (non-hydrogen) atoms. The fourth-order valence-corrected chi connectivity index (χ4v) is 3.07. The van der Waals surface area contributed by atoms with Crippen LogP contribution in [0.1, 0.15) is 19.4 Å². The number of nitrogens with one attached hydrogen (secondary N) is 1. The van der Waals surface area contributed by atoms with Gasteiger partial charge in [0, 0.05) is 24.3 Å². The zero-order valence-corrected chi connectivity index (χ0v) is 13.1. The van der Waals surface area contributed by atoms with Gasteiger partial charge in [-0.3, -0.25) is 14.5 Å². The maximum Gasteiger partial charge on any atom is 0.414 e. The predicted octanol–water partition coefficient (Wildman–Crippen LogP) is 1.06. The molecular formula is C16H19N3O4. The molecule has 122 valence electrons. The van der Waals surface area contributed by atoms with Crippen molar-refractivity contribution in [3.05, 3.63) is 23.8 Å². The Balaban J connectivity index is 1.76. The van der Waals surface area contributed by atoms with Crippen LogP contribution in [0.2, 0.25) is 0 Å². The summed E-state index contributed by atoms with van der Waals surface area (Å²) in [6.45, 7) is 4.11. The monoisotopic (exact) mass is 317 g/mol. The Morgan fingerprint density at radius 2 is 2.26 bits per heavy atom. The van der Waals surface area contributed by atoms with Gasteiger partial charge in [0.25, 0.3) is 0 Å². The fourth-order valence-electron chi connectivity index (χ4n) is 3.07. The topological polar surface area (TPSA) is 79.0 Å². The summed E-state index contributed by atoms with van der Waals surface area (Å²) in [4.78, 5) is 37.4. The largest absolute Gasteiger partial charge is 0.442 e. The maximum atomic E-state index is 12.0. The quantitative estimate of drug-likeness (QED) is 0.842. The van der Waals surface area contributed by atoms with Gasteiger partial charge in [-0.15, -0.1) is 0 Å². The van der Waals surface area contributed by atoms with E-state index in [9.17, 15) is 14.4 Å². The van der Waals surface area contributed by atoms with Crippen molar-refractivity contribution in [1.82, 2.24) is 5.32 Å². The third-order valence-electron chi connectivity index (χ3n) is 4.21. The number of nitrogens with zero attached hydrogens (tertiary/aromatic N) is 2. The van der Waals surface area contributed by atoms with E-state index in [0.717, 1.165) is 29.8 Å². The summed E-state index contributed by atoms with van der Waals surface area (Å²) >= 11 is 0. The summed E-state index contributed by atoms with van der Waals surface area (Å²) in [6, 6.07) is 5.72. The van der Waals surface area contributed by atoms with Crippen molar-refractivity contribution in [3.63, 3.8) is 0 Å². The van der Waals surface area contributed by atoms with Crippen molar-refractivity contribution < 1.29 is 19.1 Å². The standard InChI is InChI=1S/C16H19N3O4/c1-10-5-12-6-13(3-4-15(12)19(10)9-20)18-8-14(23-16(18)22)7-17-11(2)21/h3-4,6,9-10,14H,5,7-8H2,1-2H3,(H,17,21)/t10-,14+/m1/s1. The number of benzene rings is 1. The van der Waals surface area contributed by atoms with Gasteiger partial charge in [0.05, 0.1) is 13.1 Å². The van der Waals surface area contributed by atoms with Crippen molar-refractivity contribution in [2.45, 2.75) is 32.4 Å². The second kappa shape index (κ2) is 5.91. The van der Waals surface area contributed by atoms with Crippen LogP contribution in [0.25, 0.3) is 0 Å². The molecule has 1 saturated heterocycles. The molecule has 1 aromatic carbocycles. The average molecular weight is 317 g/mol. The molecule has 0 radical (unpaired) electrons. The third-order valence-corrected chi connectivity index (χ3v) is 4.21. The van der Waals surface area contributed by atoms with E-state index in [4.69, 9.17) is 4.74 Å². The number of cyclic esters (lactones) is 1. The van der Waals surface area contributed by atoms with E-state index >= 15 is 0 Å². The van der Waals surface area contributed by atoms with Crippen LogP contribution in [-0.2, 0) is 20.7 Å². The summed E-state index contributed by atoms with van der Waals surface area (Å²) in [5.41, 5.74) is 2.68. The van der Waals surface area contributed by atoms with Crippen molar-refractivity contribution >= 4 is 29.8 Å². The van der Waals surface area contributed by atoms with Crippen LogP contribution < -0.4 is 15.1 Å². The van der Waals surface area contributed by atoms with Gasteiger partial charge < -0.3 is 15.0 Å². The molecule has 3 amide bonds. The molecule has 0 spiro atoms. The summed E-state index contributed by atoms with van der Waals surface area (Å²) < 4.78 is 5.27. The third kappa shape index (κ3) is 2.86. The lowest BCUT2D eigenvalue weighted by molar-refractivity contribution is -0.119. The highest BCUT2D eigenvalue weighted by atomic mass is 16.6. The first kappa shape index (κ1) is 15.3. The van der Waals surface area contributed by atoms with E-state index in [1.165, 1.54) is 6.92 Å². The van der Waals surface area contributed by atoms with E-state index in [-0.39, 0.29) is 18.1 Å². The maximum absolute atomic E-state index is 12.0. The molecule has 0 aromatic heterocycles. The Morgan fingerprint density at radius 1 is 1.48 bits per heavy atom. The Morgan fingerprint density at radius 3 is 2.96 bits per heavy atom. The van der Waals surface area contributed by atoms with Crippen molar-refractivity contribution in [2.75, 3.05) is 22.9 Å². The van der Waals surface area contributed by atoms with E-state index < -0.39 is 6.09 Å². The lowest BCUT2D eigenvalue weighted by Gasteiger charge is -2.17. The molecule has 0 bridgehead atoms. The summed E-state index contributed by atoms with van der Waals surface area (Å²) in [5.74, 6) is -0.153. The van der Waals surface area contributed by atoms with Crippen LogP contribution >= 0.6 is 0 Å². The van der Waals surface area contributed by atoms with Crippen LogP contribution in [0.4, 0.5) is 16.2 Å². The Labute approximate surface area is 134 Å². The Bertz CT molecular complexity index is 661. The zero-order valence-electron chi connectivity index (χ0n) is 13.1. The average Bonchev–Trinajstić information content (AvgIpc) is 3.03. The van der Waals surface area contributed by atoms with E-state index in [1.54, 1.807) is 9.80 Å². The smallest absolute Gasteiger partial charge is 0.414 e. The van der Waals surface area contributed by atoms with E-state index in [2.05, 4.69) is 5.32 Å². The van der Waals surface area contributed by atoms with Gasteiger partial charge in [0.15, 0.2) is 0 Å². The minimum Gasteiger partial charge on any atom is -0.442 e. The highest BCUT2D eigenvalue weighted by Crippen LogP contribution is 2.34. The lowest BCUT2D eigenvalue weighted by Crippen LogP contribution is -2.33. The normalized spacial score (nSPS) is 22.8. The van der Waals surface area contributed by atoms with Crippen molar-refractivity contribution in [2.24, 2.45) is 0 Å². The van der Waals surface area contributed by atoms with Crippen LogP contribution in [0.3, 0.4) is 0 Å². The molecule has 2 aliphatic rings. The molecule has 1 N–H and O–H groups in total. The summed E-state index contributed by atoms with van der Waals surface area (Å²) in [5, 5.41) is 2.65. The van der Waals surface area contributed by atoms with Gasteiger partial charge in [0.2, 0.25) is 12.3 Å². The molecule has 7 nitrogen and oxygen atoms in total. The number of amides is 3. The van der Waals surface area contributed by atoms with Crippen LogP contribution in [0.15, 0.2) is 18.2 Å². The van der Waals surface area contributed by atoms with Gasteiger partial charge in [-0.25, -0.2) is 4.79 Å². The molecule has 1 fully saturated rings. The molecule has 0 saturated carbocycles. The Kier molecular flexibility index (Phi) is 3.94. The molecular weight excluding hydrogens is 298 g/mol. The van der Waals surface area contributed by atoms with Crippen molar-refractivity contribution in [3.8, 4) is 0 Å². The highest BCUT2D eigenvalue weighted by molar-refractivity contribution is 5.91. The van der Waals surface area contributed by atoms with Gasteiger partial charge in [-0.05, 0) is 37.1 Å². The minimum atomic E-state index is -0.418. The second-order valence-electron chi connectivity index (χ2n) is 5.93. The first-order valence-corrected chi connectivity index (χ1v) is 7.58. The van der Waals surface area contributed by atoms with Gasteiger partial charge in [-0.1, -0.05) is 0 Å². The molecule has 0 aliphatic carbocycles. The molecule has 0 unspecified atom stereocenters. The van der Waals surface area contributed by atoms with Crippen molar-refractivity contribution in [1.29, 1.82) is 0 Å². The Hall–Kier alpha value is -2.57. The van der Waals surface area contributed by atoms with Gasteiger partial charge in [-0.2, -0.15) is 0 Å². The molecule has 2 aliphatic heterocycles. The van der Waals surface area contributed by atoms with Crippen LogP contribution in [0.5, 0.6) is 0 Å². The second-order valence-corrected chi connectivity index (χ2v) is 5.93. The van der Waals surface area contributed by atoms with Gasteiger partial charge in [0.1, 0.15) is 6.10 Å². The number of fused-ring (bicyclic) bond motifs is 1. The van der Waals surface area contributed by atoms with E-state index in [0.29, 0.717) is 13.1 Å². The SMILES string of the molecule is CC(=O)NC[C@H]1CN(c2ccc3c(c2)C[C@@H](C)N3C=O)C(=O)O1. The molecule has 7 heteroatoms.